The van der Waals surface area contributed by atoms with Gasteiger partial charge in [0.15, 0.2) is 17.6 Å². The number of carbonyl (C=O) groups is 1. The number of nitrogens with zero attached hydrogens (tertiary/aromatic N) is 2. The van der Waals surface area contributed by atoms with E-state index in [1.54, 1.807) is 36.8 Å². The van der Waals surface area contributed by atoms with Crippen LogP contribution in [0.4, 0.5) is 0 Å². The molecule has 1 saturated carbocycles. The monoisotopic (exact) mass is 457 g/mol. The van der Waals surface area contributed by atoms with Crippen LogP contribution in [0.15, 0.2) is 47.4 Å². The summed E-state index contributed by atoms with van der Waals surface area (Å²) in [6.07, 6.45) is 3.15. The van der Waals surface area contributed by atoms with Crippen molar-refractivity contribution in [1.29, 1.82) is 0 Å². The van der Waals surface area contributed by atoms with Crippen molar-refractivity contribution < 1.29 is 19.0 Å². The second-order valence-corrected chi connectivity index (χ2v) is 8.64. The smallest absolute Gasteiger partial charge is 0.267 e. The molecule has 1 unspecified atom stereocenters. The Labute approximate surface area is 194 Å². The van der Waals surface area contributed by atoms with Crippen LogP contribution in [-0.2, 0) is 4.79 Å². The van der Waals surface area contributed by atoms with Gasteiger partial charge in [-0.15, -0.1) is 0 Å². The zero-order valence-corrected chi connectivity index (χ0v) is 19.0. The van der Waals surface area contributed by atoms with Crippen molar-refractivity contribution in [3.8, 4) is 17.2 Å². The Morgan fingerprint density at radius 3 is 2.65 bits per heavy atom. The first-order valence-corrected chi connectivity index (χ1v) is 11.2. The van der Waals surface area contributed by atoms with Crippen molar-refractivity contribution in [3.05, 3.63) is 52.9 Å². The highest BCUT2D eigenvalue weighted by Gasteiger charge is 2.27. The Morgan fingerprint density at radius 1 is 1.09 bits per heavy atom. The maximum atomic E-state index is 13.8. The zero-order chi connectivity index (χ0) is 23.6. The van der Waals surface area contributed by atoms with Crippen molar-refractivity contribution in [3.63, 3.8) is 0 Å². The second kappa shape index (κ2) is 7.48. The van der Waals surface area contributed by atoms with Crippen LogP contribution >= 0.6 is 0 Å². The van der Waals surface area contributed by atoms with Gasteiger partial charge in [0.1, 0.15) is 5.75 Å². The standard InChI is InChI=1S/C26H23N3O5/c1-13(25(30)28-14-4-5-14)34-15-6-8-19-18(12-15)16-10-11-27-22-17-7-9-20(32-2)24(33-3)21(17)26(31)29(19)23(16)22/h6-14H,4-5H2,1-3H3,(H,28,30). The highest BCUT2D eigenvalue weighted by Crippen LogP contribution is 2.39. The highest BCUT2D eigenvalue weighted by molar-refractivity contribution is 6.19. The Morgan fingerprint density at radius 2 is 1.91 bits per heavy atom. The zero-order valence-electron chi connectivity index (χ0n) is 19.0. The second-order valence-electron chi connectivity index (χ2n) is 8.64. The molecule has 0 spiro atoms. The van der Waals surface area contributed by atoms with Gasteiger partial charge in [0, 0.05) is 28.4 Å². The first-order valence-electron chi connectivity index (χ1n) is 11.2. The van der Waals surface area contributed by atoms with Crippen molar-refractivity contribution in [1.82, 2.24) is 14.7 Å². The summed E-state index contributed by atoms with van der Waals surface area (Å²) in [4.78, 5) is 30.8. The number of hydrogen-bond acceptors (Lipinski definition) is 6. The third-order valence-electron chi connectivity index (χ3n) is 6.47. The lowest BCUT2D eigenvalue weighted by molar-refractivity contribution is -0.127. The van der Waals surface area contributed by atoms with E-state index in [9.17, 15) is 9.59 Å². The van der Waals surface area contributed by atoms with Crippen molar-refractivity contribution in [2.45, 2.75) is 31.9 Å². The van der Waals surface area contributed by atoms with Crippen LogP contribution in [0.5, 0.6) is 17.2 Å². The summed E-state index contributed by atoms with van der Waals surface area (Å²) in [5, 5.41) is 5.81. The molecule has 1 aliphatic carbocycles. The minimum atomic E-state index is -0.623. The summed E-state index contributed by atoms with van der Waals surface area (Å²) in [6, 6.07) is 11.3. The summed E-state index contributed by atoms with van der Waals surface area (Å²) >= 11 is 0. The minimum absolute atomic E-state index is 0.124. The average Bonchev–Trinajstić information content (AvgIpc) is 3.61. The molecule has 0 radical (unpaired) electrons. The molecule has 0 aliphatic heterocycles. The maximum absolute atomic E-state index is 13.8. The molecule has 1 atom stereocenters. The van der Waals surface area contributed by atoms with E-state index >= 15 is 0 Å². The Bertz CT molecular complexity index is 1650. The van der Waals surface area contributed by atoms with Crippen LogP contribution in [0.25, 0.3) is 38.1 Å². The number of nitrogens with one attached hydrogen (secondary N) is 1. The van der Waals surface area contributed by atoms with E-state index < -0.39 is 6.10 Å². The predicted molar refractivity (Wildman–Crippen MR) is 130 cm³/mol. The molecule has 0 saturated heterocycles. The van der Waals surface area contributed by atoms with E-state index in [0.29, 0.717) is 33.5 Å². The number of carbonyl (C=O) groups excluding carboxylic acids is 1. The fourth-order valence-electron chi connectivity index (χ4n) is 4.68. The van der Waals surface area contributed by atoms with Gasteiger partial charge in [-0.1, -0.05) is 0 Å². The molecule has 172 valence electrons. The number of rotatable bonds is 6. The number of fused-ring (bicyclic) bond motifs is 5. The first kappa shape index (κ1) is 20.5. The van der Waals surface area contributed by atoms with Crippen molar-refractivity contribution in [2.24, 2.45) is 0 Å². The highest BCUT2D eigenvalue weighted by atomic mass is 16.5. The van der Waals surface area contributed by atoms with Crippen LogP contribution in [0, 0.1) is 0 Å². The summed E-state index contributed by atoms with van der Waals surface area (Å²) < 4.78 is 18.6. The lowest BCUT2D eigenvalue weighted by Gasteiger charge is -2.14. The molecule has 8 heteroatoms. The molecule has 34 heavy (non-hydrogen) atoms. The third-order valence-corrected chi connectivity index (χ3v) is 6.47. The number of benzene rings is 2. The van der Waals surface area contributed by atoms with Gasteiger partial charge >= 0.3 is 0 Å². The van der Waals surface area contributed by atoms with Crippen LogP contribution in [-0.4, -0.2) is 41.7 Å². The fourth-order valence-corrected chi connectivity index (χ4v) is 4.68. The number of methoxy groups -OCH3 is 2. The number of aromatic nitrogens is 2. The molecule has 1 N–H and O–H groups in total. The minimum Gasteiger partial charge on any atom is -0.493 e. The lowest BCUT2D eigenvalue weighted by Crippen LogP contribution is -2.37. The lowest BCUT2D eigenvalue weighted by atomic mass is 10.1. The van der Waals surface area contributed by atoms with Crippen LogP contribution in [0.3, 0.4) is 0 Å². The topological polar surface area (TPSA) is 91.2 Å². The van der Waals surface area contributed by atoms with E-state index in [-0.39, 0.29) is 17.5 Å². The Kier molecular flexibility index (Phi) is 4.52. The van der Waals surface area contributed by atoms with Gasteiger partial charge in [0.05, 0.1) is 36.2 Å². The average molecular weight is 457 g/mol. The summed E-state index contributed by atoms with van der Waals surface area (Å²) in [6.45, 7) is 1.74. The molecule has 1 fully saturated rings. The van der Waals surface area contributed by atoms with Crippen molar-refractivity contribution in [2.75, 3.05) is 14.2 Å². The number of ether oxygens (including phenoxy) is 3. The Balaban J connectivity index is 1.58. The van der Waals surface area contributed by atoms with E-state index in [1.807, 2.05) is 24.3 Å². The van der Waals surface area contributed by atoms with Gasteiger partial charge in [-0.25, -0.2) is 0 Å². The molecule has 3 heterocycles. The van der Waals surface area contributed by atoms with E-state index in [1.165, 1.54) is 7.11 Å². The molecular weight excluding hydrogens is 434 g/mol. The van der Waals surface area contributed by atoms with Gasteiger partial charge in [-0.05, 0) is 56.2 Å². The molecule has 8 nitrogen and oxygen atoms in total. The SMILES string of the molecule is COc1ccc2c(c1OC)c(=O)n1c3ccc(OC(C)C(=O)NC4CC4)cc3c3ccnc2c31. The fraction of sp³-hybridized carbons (Fsp3) is 0.269. The van der Waals surface area contributed by atoms with Gasteiger partial charge < -0.3 is 19.5 Å². The van der Waals surface area contributed by atoms with E-state index in [2.05, 4.69) is 10.3 Å². The predicted octanol–water partition coefficient (Wildman–Crippen LogP) is 3.66. The largest absolute Gasteiger partial charge is 0.493 e. The van der Waals surface area contributed by atoms with Crippen LogP contribution in [0.1, 0.15) is 19.8 Å². The summed E-state index contributed by atoms with van der Waals surface area (Å²) in [7, 11) is 3.06. The van der Waals surface area contributed by atoms with Gasteiger partial charge in [0.2, 0.25) is 0 Å². The number of pyridine rings is 2. The molecule has 3 aromatic heterocycles. The molecular formula is C26H23N3O5. The Hall–Kier alpha value is -4.07. The molecule has 1 amide bonds. The van der Waals surface area contributed by atoms with Gasteiger partial charge in [0.25, 0.3) is 11.5 Å². The number of amides is 1. The summed E-state index contributed by atoms with van der Waals surface area (Å²) in [5.41, 5.74) is 1.95. The normalized spacial score (nSPS) is 14.7. The number of hydrogen-bond donors (Lipinski definition) is 1. The van der Waals surface area contributed by atoms with E-state index in [0.717, 1.165) is 34.6 Å². The van der Waals surface area contributed by atoms with Gasteiger partial charge in [-0.2, -0.15) is 0 Å². The van der Waals surface area contributed by atoms with E-state index in [4.69, 9.17) is 14.2 Å². The molecule has 5 aromatic rings. The van der Waals surface area contributed by atoms with Crippen LogP contribution in [0.2, 0.25) is 0 Å². The molecule has 6 rings (SSSR count). The molecule has 2 aromatic carbocycles. The first-order chi connectivity index (χ1) is 16.5. The maximum Gasteiger partial charge on any atom is 0.267 e. The van der Waals surface area contributed by atoms with Gasteiger partial charge in [-0.3, -0.25) is 19.0 Å². The van der Waals surface area contributed by atoms with Crippen LogP contribution < -0.4 is 25.1 Å². The molecule has 1 aliphatic rings. The molecule has 0 bridgehead atoms. The third kappa shape index (κ3) is 2.95. The quantitative estimate of drug-likeness (QED) is 0.392. The van der Waals surface area contributed by atoms with Crippen molar-refractivity contribution >= 4 is 44.0 Å². The summed E-state index contributed by atoms with van der Waals surface area (Å²) in [5.74, 6) is 1.30.